The molecule has 0 aromatic heterocycles. The van der Waals surface area contributed by atoms with Gasteiger partial charge in [-0.3, -0.25) is 4.79 Å². The molecule has 2 aromatic rings. The van der Waals surface area contributed by atoms with Crippen molar-refractivity contribution in [2.45, 2.75) is 6.42 Å². The Bertz CT molecular complexity index is 677. The zero-order chi connectivity index (χ0) is 16.7. The monoisotopic (exact) mass is 332 g/mol. The minimum absolute atomic E-state index is 0.210. The van der Waals surface area contributed by atoms with Crippen LogP contribution >= 0.6 is 11.6 Å². The number of benzene rings is 2. The van der Waals surface area contributed by atoms with E-state index in [9.17, 15) is 4.79 Å². The molecule has 0 aliphatic rings. The third kappa shape index (κ3) is 5.30. The van der Waals surface area contributed by atoms with Crippen molar-refractivity contribution in [2.24, 2.45) is 5.10 Å². The first kappa shape index (κ1) is 16.8. The molecule has 0 atom stereocenters. The fourth-order valence-corrected chi connectivity index (χ4v) is 2.04. The third-order valence-electron chi connectivity index (χ3n) is 3.05. The molecule has 0 radical (unpaired) electrons. The Morgan fingerprint density at radius 1 is 1.13 bits per heavy atom. The zero-order valence-electron chi connectivity index (χ0n) is 12.9. The Morgan fingerprint density at radius 2 is 1.74 bits per heavy atom. The highest BCUT2D eigenvalue weighted by molar-refractivity contribution is 6.30. The van der Waals surface area contributed by atoms with Crippen LogP contribution in [0.4, 0.5) is 0 Å². The van der Waals surface area contributed by atoms with Crippen molar-refractivity contribution >= 4 is 23.7 Å². The van der Waals surface area contributed by atoms with Gasteiger partial charge in [0.05, 0.1) is 26.9 Å². The molecule has 1 amide bonds. The average molecular weight is 333 g/mol. The highest BCUT2D eigenvalue weighted by Crippen LogP contribution is 2.21. The van der Waals surface area contributed by atoms with E-state index in [0.717, 1.165) is 11.1 Å². The smallest absolute Gasteiger partial charge is 0.244 e. The molecule has 0 fully saturated rings. The summed E-state index contributed by atoms with van der Waals surface area (Å²) in [4.78, 5) is 11.8. The first-order chi connectivity index (χ1) is 11.1. The van der Waals surface area contributed by atoms with Gasteiger partial charge in [0.15, 0.2) is 0 Å². The van der Waals surface area contributed by atoms with Crippen LogP contribution in [-0.4, -0.2) is 26.3 Å². The van der Waals surface area contributed by atoms with Crippen molar-refractivity contribution in [3.63, 3.8) is 0 Å². The Balaban J connectivity index is 1.95. The second-order valence-electron chi connectivity index (χ2n) is 4.74. The van der Waals surface area contributed by atoms with Gasteiger partial charge < -0.3 is 9.47 Å². The molecule has 0 saturated carbocycles. The number of rotatable bonds is 6. The van der Waals surface area contributed by atoms with Gasteiger partial charge in [0.1, 0.15) is 11.5 Å². The van der Waals surface area contributed by atoms with Crippen LogP contribution in [-0.2, 0) is 11.2 Å². The summed E-state index contributed by atoms with van der Waals surface area (Å²) in [6, 6.07) is 12.4. The number of nitrogens with zero attached hydrogens (tertiary/aromatic N) is 1. The molecule has 0 heterocycles. The number of ether oxygens (including phenoxy) is 2. The summed E-state index contributed by atoms with van der Waals surface area (Å²) in [5, 5.41) is 4.58. The maximum atomic E-state index is 11.8. The zero-order valence-corrected chi connectivity index (χ0v) is 13.6. The normalized spacial score (nSPS) is 10.6. The molecular weight excluding hydrogens is 316 g/mol. The van der Waals surface area contributed by atoms with Gasteiger partial charge in [-0.2, -0.15) is 5.10 Å². The summed E-state index contributed by atoms with van der Waals surface area (Å²) < 4.78 is 10.3. The molecule has 0 unspecified atom stereocenters. The lowest BCUT2D eigenvalue weighted by atomic mass is 10.1. The molecule has 1 N–H and O–H groups in total. The maximum absolute atomic E-state index is 11.8. The van der Waals surface area contributed by atoms with E-state index in [-0.39, 0.29) is 12.3 Å². The minimum Gasteiger partial charge on any atom is -0.497 e. The molecule has 23 heavy (non-hydrogen) atoms. The summed E-state index contributed by atoms with van der Waals surface area (Å²) in [5.74, 6) is 1.09. The van der Waals surface area contributed by atoms with E-state index in [2.05, 4.69) is 10.5 Å². The van der Waals surface area contributed by atoms with E-state index in [1.807, 2.05) is 0 Å². The predicted octanol–water partition coefficient (Wildman–Crippen LogP) is 3.05. The van der Waals surface area contributed by atoms with E-state index in [1.54, 1.807) is 56.7 Å². The number of halogens is 1. The van der Waals surface area contributed by atoms with Crippen LogP contribution in [0.2, 0.25) is 5.02 Å². The molecule has 0 aliphatic carbocycles. The van der Waals surface area contributed by atoms with E-state index in [4.69, 9.17) is 21.1 Å². The molecule has 0 saturated heterocycles. The molecule has 2 rings (SSSR count). The standard InChI is InChI=1S/C17H17ClN2O3/c1-22-15-7-13(8-16(10-15)23-2)11-19-20-17(21)9-12-3-5-14(18)6-4-12/h3-8,10-11H,9H2,1-2H3,(H,20,21)/b19-11+. The van der Waals surface area contributed by atoms with Crippen LogP contribution in [0.5, 0.6) is 11.5 Å². The molecule has 5 nitrogen and oxygen atoms in total. The number of hydrogen-bond donors (Lipinski definition) is 1. The number of carbonyl (C=O) groups is 1. The number of amides is 1. The van der Waals surface area contributed by atoms with E-state index >= 15 is 0 Å². The van der Waals surface area contributed by atoms with Gasteiger partial charge in [-0.1, -0.05) is 23.7 Å². The van der Waals surface area contributed by atoms with E-state index in [0.29, 0.717) is 16.5 Å². The second-order valence-corrected chi connectivity index (χ2v) is 5.18. The Kier molecular flexibility index (Phi) is 6.00. The van der Waals surface area contributed by atoms with Crippen molar-refractivity contribution in [1.29, 1.82) is 0 Å². The lowest BCUT2D eigenvalue weighted by molar-refractivity contribution is -0.120. The summed E-state index contributed by atoms with van der Waals surface area (Å²) in [7, 11) is 3.15. The molecular formula is C17H17ClN2O3. The Morgan fingerprint density at radius 3 is 2.30 bits per heavy atom. The summed E-state index contributed by atoms with van der Waals surface area (Å²) in [6.45, 7) is 0. The van der Waals surface area contributed by atoms with Gasteiger partial charge >= 0.3 is 0 Å². The lowest BCUT2D eigenvalue weighted by Crippen LogP contribution is -2.19. The van der Waals surface area contributed by atoms with Crippen LogP contribution in [0.25, 0.3) is 0 Å². The molecule has 6 heteroatoms. The van der Waals surface area contributed by atoms with Crippen molar-refractivity contribution in [3.05, 3.63) is 58.6 Å². The minimum atomic E-state index is -0.210. The number of hydrazone groups is 1. The summed E-state index contributed by atoms with van der Waals surface area (Å²) >= 11 is 5.80. The quantitative estimate of drug-likeness (QED) is 0.653. The van der Waals surface area contributed by atoms with Crippen molar-refractivity contribution in [2.75, 3.05) is 14.2 Å². The fourth-order valence-electron chi connectivity index (χ4n) is 1.91. The van der Waals surface area contributed by atoms with Crippen LogP contribution in [0.3, 0.4) is 0 Å². The van der Waals surface area contributed by atoms with Gasteiger partial charge in [-0.15, -0.1) is 0 Å². The highest BCUT2D eigenvalue weighted by atomic mass is 35.5. The van der Waals surface area contributed by atoms with Gasteiger partial charge in [0.25, 0.3) is 0 Å². The molecule has 120 valence electrons. The van der Waals surface area contributed by atoms with Gasteiger partial charge in [-0.05, 0) is 29.8 Å². The van der Waals surface area contributed by atoms with Gasteiger partial charge in [0, 0.05) is 16.7 Å². The van der Waals surface area contributed by atoms with Crippen LogP contribution in [0.1, 0.15) is 11.1 Å². The molecule has 0 bridgehead atoms. The summed E-state index contributed by atoms with van der Waals surface area (Å²) in [5.41, 5.74) is 4.11. The highest BCUT2D eigenvalue weighted by Gasteiger charge is 2.03. The molecule has 2 aromatic carbocycles. The predicted molar refractivity (Wildman–Crippen MR) is 90.4 cm³/mol. The van der Waals surface area contributed by atoms with Crippen LogP contribution in [0, 0.1) is 0 Å². The largest absolute Gasteiger partial charge is 0.497 e. The topological polar surface area (TPSA) is 59.9 Å². The number of methoxy groups -OCH3 is 2. The first-order valence-electron chi connectivity index (χ1n) is 6.90. The molecule has 0 spiro atoms. The average Bonchev–Trinajstić information content (AvgIpc) is 2.56. The third-order valence-corrected chi connectivity index (χ3v) is 3.31. The lowest BCUT2D eigenvalue weighted by Gasteiger charge is -2.05. The van der Waals surface area contributed by atoms with Gasteiger partial charge in [-0.25, -0.2) is 5.43 Å². The van der Waals surface area contributed by atoms with Crippen molar-refractivity contribution in [3.8, 4) is 11.5 Å². The SMILES string of the molecule is COc1cc(/C=N/NC(=O)Cc2ccc(Cl)cc2)cc(OC)c1. The molecule has 0 aliphatic heterocycles. The second kappa shape index (κ2) is 8.19. The number of carbonyl (C=O) groups excluding carboxylic acids is 1. The van der Waals surface area contributed by atoms with Crippen LogP contribution in [0.15, 0.2) is 47.6 Å². The van der Waals surface area contributed by atoms with Crippen LogP contribution < -0.4 is 14.9 Å². The first-order valence-corrected chi connectivity index (χ1v) is 7.28. The van der Waals surface area contributed by atoms with E-state index < -0.39 is 0 Å². The summed E-state index contributed by atoms with van der Waals surface area (Å²) in [6.07, 6.45) is 1.76. The number of hydrogen-bond acceptors (Lipinski definition) is 4. The Labute approximate surface area is 139 Å². The van der Waals surface area contributed by atoms with Gasteiger partial charge in [0.2, 0.25) is 5.91 Å². The maximum Gasteiger partial charge on any atom is 0.244 e. The number of nitrogens with one attached hydrogen (secondary N) is 1. The van der Waals surface area contributed by atoms with Crippen molar-refractivity contribution < 1.29 is 14.3 Å². The van der Waals surface area contributed by atoms with Crippen molar-refractivity contribution in [1.82, 2.24) is 5.43 Å². The fraction of sp³-hybridized carbons (Fsp3) is 0.176. The Hall–Kier alpha value is -2.53. The van der Waals surface area contributed by atoms with E-state index in [1.165, 1.54) is 6.21 Å².